The summed E-state index contributed by atoms with van der Waals surface area (Å²) in [5.74, 6) is 0. The molecule has 5 heteroatoms. The molecule has 0 amide bonds. The van der Waals surface area contributed by atoms with Crippen LogP contribution in [0, 0.1) is 0 Å². The van der Waals surface area contributed by atoms with E-state index >= 15 is 0 Å². The van der Waals surface area contributed by atoms with Crippen molar-refractivity contribution in [2.75, 3.05) is 33.7 Å². The predicted molar refractivity (Wildman–Crippen MR) is 74.7 cm³/mol. The van der Waals surface area contributed by atoms with E-state index in [-0.39, 0.29) is 5.54 Å². The third kappa shape index (κ3) is 2.83. The topological polar surface area (TPSA) is 32.5 Å². The predicted octanol–water partition coefficient (Wildman–Crippen LogP) is 1.87. The van der Waals surface area contributed by atoms with Gasteiger partial charge in [-0.1, -0.05) is 11.6 Å². The number of likely N-dealkylation sites (N-methyl/N-ethyl adjacent to an activating group) is 2. The first-order valence-electron chi connectivity index (χ1n) is 5.90. The summed E-state index contributed by atoms with van der Waals surface area (Å²) in [7, 11) is 4.33. The molecule has 1 atom stereocenters. The van der Waals surface area contributed by atoms with Crippen molar-refractivity contribution < 1.29 is 0 Å². The number of thiophene rings is 1. The summed E-state index contributed by atoms with van der Waals surface area (Å²) in [4.78, 5) is 6.04. The molecule has 96 valence electrons. The van der Waals surface area contributed by atoms with E-state index in [1.807, 2.05) is 6.07 Å². The van der Waals surface area contributed by atoms with E-state index in [1.165, 1.54) is 4.88 Å². The van der Waals surface area contributed by atoms with Gasteiger partial charge in [-0.15, -0.1) is 11.3 Å². The van der Waals surface area contributed by atoms with Crippen molar-refractivity contribution >= 4 is 22.9 Å². The molecule has 0 aromatic carbocycles. The number of nitrogens with zero attached hydrogens (tertiary/aromatic N) is 2. The van der Waals surface area contributed by atoms with Crippen molar-refractivity contribution in [3.63, 3.8) is 0 Å². The van der Waals surface area contributed by atoms with Gasteiger partial charge in [0.25, 0.3) is 0 Å². The normalized spacial score (nSPS) is 25.9. The SMILES string of the molecule is CN1CCC(CN)(N(C)Cc2ccc(Cl)s2)C1. The highest BCUT2D eigenvalue weighted by molar-refractivity contribution is 7.16. The molecule has 2 heterocycles. The molecular formula is C12H20ClN3S. The summed E-state index contributed by atoms with van der Waals surface area (Å²) in [5, 5.41) is 0. The summed E-state index contributed by atoms with van der Waals surface area (Å²) in [5.41, 5.74) is 6.13. The molecule has 1 unspecified atom stereocenters. The highest BCUT2D eigenvalue weighted by atomic mass is 35.5. The van der Waals surface area contributed by atoms with Gasteiger partial charge >= 0.3 is 0 Å². The summed E-state index contributed by atoms with van der Waals surface area (Å²) in [6.07, 6.45) is 1.15. The molecule has 1 aromatic rings. The van der Waals surface area contributed by atoms with Gasteiger partial charge in [0.2, 0.25) is 0 Å². The molecule has 2 rings (SSSR count). The Morgan fingerprint density at radius 2 is 2.35 bits per heavy atom. The molecule has 3 nitrogen and oxygen atoms in total. The maximum absolute atomic E-state index is 6.00. The Morgan fingerprint density at radius 3 is 2.82 bits per heavy atom. The first-order valence-corrected chi connectivity index (χ1v) is 7.09. The third-order valence-electron chi connectivity index (χ3n) is 3.73. The van der Waals surface area contributed by atoms with Gasteiger partial charge in [0.15, 0.2) is 0 Å². The van der Waals surface area contributed by atoms with Gasteiger partial charge in [0.1, 0.15) is 0 Å². The Balaban J connectivity index is 2.05. The van der Waals surface area contributed by atoms with E-state index in [9.17, 15) is 0 Å². The number of halogens is 1. The molecule has 0 radical (unpaired) electrons. The molecule has 0 spiro atoms. The molecule has 0 saturated carbocycles. The molecule has 17 heavy (non-hydrogen) atoms. The van der Waals surface area contributed by atoms with Gasteiger partial charge in [-0.2, -0.15) is 0 Å². The van der Waals surface area contributed by atoms with Crippen LogP contribution in [0.25, 0.3) is 0 Å². The monoisotopic (exact) mass is 273 g/mol. The minimum absolute atomic E-state index is 0.130. The standard InChI is InChI=1S/C12H20ClN3S/c1-15-6-5-12(8-14,9-15)16(2)7-10-3-4-11(13)17-10/h3-4H,5-9,14H2,1-2H3. The molecule has 0 aliphatic carbocycles. The van der Waals surface area contributed by atoms with Crippen LogP contribution in [0.15, 0.2) is 12.1 Å². The van der Waals surface area contributed by atoms with E-state index in [0.29, 0.717) is 6.54 Å². The second kappa shape index (κ2) is 5.24. The first-order chi connectivity index (χ1) is 8.05. The fraction of sp³-hybridized carbons (Fsp3) is 0.667. The minimum atomic E-state index is 0.130. The maximum atomic E-state index is 6.00. The van der Waals surface area contributed by atoms with Crippen molar-refractivity contribution in [3.8, 4) is 0 Å². The zero-order valence-electron chi connectivity index (χ0n) is 10.4. The summed E-state index contributed by atoms with van der Waals surface area (Å²) in [6, 6.07) is 4.07. The Kier molecular flexibility index (Phi) is 4.10. The fourth-order valence-electron chi connectivity index (χ4n) is 2.53. The first kappa shape index (κ1) is 13.3. The quantitative estimate of drug-likeness (QED) is 0.909. The second-order valence-electron chi connectivity index (χ2n) is 4.98. The molecule has 2 N–H and O–H groups in total. The van der Waals surface area contributed by atoms with Gasteiger partial charge in [0.05, 0.1) is 4.34 Å². The zero-order valence-corrected chi connectivity index (χ0v) is 12.0. The number of rotatable bonds is 4. The Hall–Kier alpha value is -0.130. The second-order valence-corrected chi connectivity index (χ2v) is 6.78. The van der Waals surface area contributed by atoms with Gasteiger partial charge in [0, 0.05) is 30.1 Å². The van der Waals surface area contributed by atoms with E-state index in [2.05, 4.69) is 30.0 Å². The lowest BCUT2D eigenvalue weighted by molar-refractivity contribution is 0.127. The van der Waals surface area contributed by atoms with E-state index in [4.69, 9.17) is 17.3 Å². The number of hydrogen-bond donors (Lipinski definition) is 1. The minimum Gasteiger partial charge on any atom is -0.329 e. The van der Waals surface area contributed by atoms with Crippen molar-refractivity contribution in [3.05, 3.63) is 21.3 Å². The van der Waals surface area contributed by atoms with Crippen molar-refractivity contribution in [1.82, 2.24) is 9.80 Å². The van der Waals surface area contributed by atoms with Gasteiger partial charge < -0.3 is 10.6 Å². The van der Waals surface area contributed by atoms with Gasteiger partial charge in [-0.05, 0) is 39.2 Å². The highest BCUT2D eigenvalue weighted by Gasteiger charge is 2.38. The summed E-state index contributed by atoms with van der Waals surface area (Å²) >= 11 is 7.62. The third-order valence-corrected chi connectivity index (χ3v) is 4.95. The molecule has 1 aromatic heterocycles. The lowest BCUT2D eigenvalue weighted by atomic mass is 9.96. The summed E-state index contributed by atoms with van der Waals surface area (Å²) < 4.78 is 0.860. The molecule has 1 fully saturated rings. The van der Waals surface area contributed by atoms with Crippen LogP contribution in [0.1, 0.15) is 11.3 Å². The van der Waals surface area contributed by atoms with Crippen LogP contribution in [0.3, 0.4) is 0 Å². The van der Waals surface area contributed by atoms with Crippen LogP contribution >= 0.6 is 22.9 Å². The van der Waals surface area contributed by atoms with Crippen LogP contribution in [-0.2, 0) is 6.54 Å². The smallest absolute Gasteiger partial charge is 0.0931 e. The number of nitrogens with two attached hydrogens (primary N) is 1. The van der Waals surface area contributed by atoms with Crippen LogP contribution in [-0.4, -0.2) is 49.1 Å². The molecule has 1 saturated heterocycles. The van der Waals surface area contributed by atoms with E-state index in [0.717, 1.165) is 30.4 Å². The van der Waals surface area contributed by atoms with Crippen LogP contribution in [0.5, 0.6) is 0 Å². The zero-order chi connectivity index (χ0) is 12.5. The fourth-order valence-corrected chi connectivity index (χ4v) is 3.67. The van der Waals surface area contributed by atoms with Gasteiger partial charge in [-0.25, -0.2) is 0 Å². The van der Waals surface area contributed by atoms with Gasteiger partial charge in [-0.3, -0.25) is 4.90 Å². The maximum Gasteiger partial charge on any atom is 0.0931 e. The molecular weight excluding hydrogens is 254 g/mol. The van der Waals surface area contributed by atoms with Crippen LogP contribution in [0.2, 0.25) is 4.34 Å². The number of likely N-dealkylation sites (tertiary alicyclic amines) is 1. The van der Waals surface area contributed by atoms with Crippen LogP contribution < -0.4 is 5.73 Å². The highest BCUT2D eigenvalue weighted by Crippen LogP contribution is 2.29. The van der Waals surface area contributed by atoms with E-state index < -0.39 is 0 Å². The van der Waals surface area contributed by atoms with Crippen molar-refractivity contribution in [1.29, 1.82) is 0 Å². The Labute approximate surface area is 112 Å². The van der Waals surface area contributed by atoms with Crippen LogP contribution in [0.4, 0.5) is 0 Å². The van der Waals surface area contributed by atoms with Crippen molar-refractivity contribution in [2.24, 2.45) is 5.73 Å². The number of hydrogen-bond acceptors (Lipinski definition) is 4. The molecule has 1 aliphatic heterocycles. The Morgan fingerprint density at radius 1 is 1.59 bits per heavy atom. The largest absolute Gasteiger partial charge is 0.329 e. The van der Waals surface area contributed by atoms with E-state index in [1.54, 1.807) is 11.3 Å². The Bertz CT molecular complexity index is 382. The molecule has 0 bridgehead atoms. The average Bonchev–Trinajstić information content (AvgIpc) is 2.86. The lowest BCUT2D eigenvalue weighted by Crippen LogP contribution is -2.53. The average molecular weight is 274 g/mol. The summed E-state index contributed by atoms with van der Waals surface area (Å²) in [6.45, 7) is 3.83. The molecule has 1 aliphatic rings. The lowest BCUT2D eigenvalue weighted by Gasteiger charge is -2.37. The van der Waals surface area contributed by atoms with Crippen molar-refractivity contribution in [2.45, 2.75) is 18.5 Å².